The smallest absolute Gasteiger partial charge is 0.132 e. The first-order valence-corrected chi connectivity index (χ1v) is 7.45. The Morgan fingerprint density at radius 3 is 2.86 bits per heavy atom. The number of hydrogen-bond acceptors (Lipinski definition) is 4. The summed E-state index contributed by atoms with van der Waals surface area (Å²) in [4.78, 5) is 6.72. The molecule has 0 unspecified atom stereocenters. The van der Waals surface area contributed by atoms with Crippen LogP contribution in [0.4, 0.5) is 5.82 Å². The van der Waals surface area contributed by atoms with Crippen LogP contribution in [-0.4, -0.2) is 40.6 Å². The highest BCUT2D eigenvalue weighted by Gasteiger charge is 2.21. The molecule has 1 aliphatic heterocycles. The van der Waals surface area contributed by atoms with E-state index in [1.807, 2.05) is 30.9 Å². The lowest BCUT2D eigenvalue weighted by molar-refractivity contribution is 0.0985. The van der Waals surface area contributed by atoms with Gasteiger partial charge in [0.2, 0.25) is 0 Å². The van der Waals surface area contributed by atoms with Gasteiger partial charge in [-0.3, -0.25) is 4.68 Å². The van der Waals surface area contributed by atoms with Gasteiger partial charge in [-0.15, -0.1) is 0 Å². The van der Waals surface area contributed by atoms with Gasteiger partial charge in [-0.1, -0.05) is 11.6 Å². The summed E-state index contributed by atoms with van der Waals surface area (Å²) in [7, 11) is 1.94. The summed E-state index contributed by atoms with van der Waals surface area (Å²) in [6.45, 7) is 6.45. The van der Waals surface area contributed by atoms with Crippen molar-refractivity contribution in [3.05, 3.63) is 29.0 Å². The van der Waals surface area contributed by atoms with Gasteiger partial charge in [0, 0.05) is 19.2 Å². The van der Waals surface area contributed by atoms with Crippen molar-refractivity contribution in [1.29, 1.82) is 0 Å². The SMILES string of the molecule is Cc1cnn(C)c1-c1cc(Cl)nc(N2CCOC[C@H]2C)c1. The summed E-state index contributed by atoms with van der Waals surface area (Å²) >= 11 is 6.24. The molecule has 6 heteroatoms. The lowest BCUT2D eigenvalue weighted by Crippen LogP contribution is -2.44. The number of ether oxygens (including phenoxy) is 1. The van der Waals surface area contributed by atoms with Crippen molar-refractivity contribution in [2.45, 2.75) is 19.9 Å². The first kappa shape index (κ1) is 14.4. The molecule has 5 nitrogen and oxygen atoms in total. The van der Waals surface area contributed by atoms with Crippen LogP contribution in [0.2, 0.25) is 5.15 Å². The third-order valence-electron chi connectivity index (χ3n) is 3.84. The highest BCUT2D eigenvalue weighted by molar-refractivity contribution is 6.29. The van der Waals surface area contributed by atoms with Gasteiger partial charge in [0.05, 0.1) is 31.1 Å². The van der Waals surface area contributed by atoms with Crippen LogP contribution in [0.3, 0.4) is 0 Å². The number of rotatable bonds is 2. The molecule has 0 spiro atoms. The first-order valence-electron chi connectivity index (χ1n) is 7.07. The van der Waals surface area contributed by atoms with E-state index in [4.69, 9.17) is 16.3 Å². The average molecular weight is 307 g/mol. The molecule has 0 N–H and O–H groups in total. The molecule has 1 fully saturated rings. The van der Waals surface area contributed by atoms with Gasteiger partial charge < -0.3 is 9.64 Å². The second-order valence-corrected chi connectivity index (χ2v) is 5.84. The number of nitrogens with zero attached hydrogens (tertiary/aromatic N) is 4. The van der Waals surface area contributed by atoms with Crippen molar-refractivity contribution < 1.29 is 4.74 Å². The van der Waals surface area contributed by atoms with E-state index in [1.54, 1.807) is 0 Å². The van der Waals surface area contributed by atoms with Crippen LogP contribution in [0.25, 0.3) is 11.3 Å². The summed E-state index contributed by atoms with van der Waals surface area (Å²) in [5.74, 6) is 0.897. The van der Waals surface area contributed by atoms with E-state index in [1.165, 1.54) is 0 Å². The van der Waals surface area contributed by atoms with Crippen molar-refractivity contribution in [3.8, 4) is 11.3 Å². The molecule has 2 aromatic heterocycles. The zero-order valence-electron chi connectivity index (χ0n) is 12.5. The van der Waals surface area contributed by atoms with Gasteiger partial charge in [-0.25, -0.2) is 4.98 Å². The maximum Gasteiger partial charge on any atom is 0.132 e. The van der Waals surface area contributed by atoms with Crippen LogP contribution in [0.15, 0.2) is 18.3 Å². The Kier molecular flexibility index (Phi) is 3.87. The van der Waals surface area contributed by atoms with Gasteiger partial charge in [-0.05, 0) is 31.5 Å². The molecule has 3 heterocycles. The average Bonchev–Trinajstić information content (AvgIpc) is 2.78. The van der Waals surface area contributed by atoms with E-state index >= 15 is 0 Å². The number of morpholine rings is 1. The summed E-state index contributed by atoms with van der Waals surface area (Å²) in [6.07, 6.45) is 1.86. The van der Waals surface area contributed by atoms with Gasteiger partial charge in [0.1, 0.15) is 11.0 Å². The largest absolute Gasteiger partial charge is 0.377 e. The predicted octanol–water partition coefficient (Wildman–Crippen LogP) is 2.67. The Labute approximate surface area is 129 Å². The standard InChI is InChI=1S/C15H19ClN4O/c1-10-8-17-19(3)15(10)12-6-13(16)18-14(7-12)20-4-5-21-9-11(20)2/h6-8,11H,4-5,9H2,1-3H3/t11-/m1/s1. The van der Waals surface area contributed by atoms with Crippen LogP contribution >= 0.6 is 11.6 Å². The molecule has 0 amide bonds. The van der Waals surface area contributed by atoms with Crippen molar-refractivity contribution in [3.63, 3.8) is 0 Å². The van der Waals surface area contributed by atoms with Crippen LogP contribution < -0.4 is 4.90 Å². The molecule has 0 saturated carbocycles. The van der Waals surface area contributed by atoms with Crippen LogP contribution in [0.1, 0.15) is 12.5 Å². The Balaban J connectivity index is 2.04. The highest BCUT2D eigenvalue weighted by Crippen LogP contribution is 2.29. The molecule has 0 radical (unpaired) electrons. The van der Waals surface area contributed by atoms with E-state index in [0.29, 0.717) is 17.8 Å². The topological polar surface area (TPSA) is 43.2 Å². The van der Waals surface area contributed by atoms with Gasteiger partial charge >= 0.3 is 0 Å². The van der Waals surface area contributed by atoms with Crippen molar-refractivity contribution in [2.24, 2.45) is 7.05 Å². The molecule has 21 heavy (non-hydrogen) atoms. The number of aryl methyl sites for hydroxylation is 2. The number of aromatic nitrogens is 3. The molecule has 1 aliphatic rings. The van der Waals surface area contributed by atoms with E-state index in [0.717, 1.165) is 35.8 Å². The van der Waals surface area contributed by atoms with Crippen molar-refractivity contribution >= 4 is 17.4 Å². The number of halogens is 1. The summed E-state index contributed by atoms with van der Waals surface area (Å²) in [5, 5.41) is 4.80. The number of anilines is 1. The van der Waals surface area contributed by atoms with E-state index in [9.17, 15) is 0 Å². The molecule has 1 saturated heterocycles. The maximum atomic E-state index is 6.24. The van der Waals surface area contributed by atoms with E-state index in [2.05, 4.69) is 28.0 Å². The Hall–Kier alpha value is -1.59. The zero-order chi connectivity index (χ0) is 15.0. The fraction of sp³-hybridized carbons (Fsp3) is 0.467. The third kappa shape index (κ3) is 2.76. The third-order valence-corrected chi connectivity index (χ3v) is 4.03. The summed E-state index contributed by atoms with van der Waals surface area (Å²) in [5.41, 5.74) is 3.24. The molecule has 1 atom stereocenters. The molecule has 112 valence electrons. The normalized spacial score (nSPS) is 19.0. The second-order valence-electron chi connectivity index (χ2n) is 5.45. The van der Waals surface area contributed by atoms with Crippen molar-refractivity contribution in [1.82, 2.24) is 14.8 Å². The maximum absolute atomic E-state index is 6.24. The highest BCUT2D eigenvalue weighted by atomic mass is 35.5. The lowest BCUT2D eigenvalue weighted by atomic mass is 10.1. The minimum Gasteiger partial charge on any atom is -0.377 e. The second kappa shape index (κ2) is 5.66. The molecule has 3 rings (SSSR count). The number of pyridine rings is 1. The van der Waals surface area contributed by atoms with Gasteiger partial charge in [0.25, 0.3) is 0 Å². The van der Waals surface area contributed by atoms with Gasteiger partial charge in [-0.2, -0.15) is 5.10 Å². The fourth-order valence-corrected chi connectivity index (χ4v) is 3.00. The van der Waals surface area contributed by atoms with Crippen LogP contribution in [0.5, 0.6) is 0 Å². The quantitative estimate of drug-likeness (QED) is 0.800. The summed E-state index contributed by atoms with van der Waals surface area (Å²) in [6, 6.07) is 4.27. The lowest BCUT2D eigenvalue weighted by Gasteiger charge is -2.34. The molecular weight excluding hydrogens is 288 g/mol. The zero-order valence-corrected chi connectivity index (χ0v) is 13.3. The monoisotopic (exact) mass is 306 g/mol. The fourth-order valence-electron chi connectivity index (χ4n) is 2.80. The summed E-state index contributed by atoms with van der Waals surface area (Å²) < 4.78 is 7.36. The van der Waals surface area contributed by atoms with Crippen LogP contribution in [0, 0.1) is 6.92 Å². The Bertz CT molecular complexity index is 636. The van der Waals surface area contributed by atoms with Gasteiger partial charge in [0.15, 0.2) is 0 Å². The molecular formula is C15H19ClN4O. The Morgan fingerprint density at radius 1 is 1.38 bits per heavy atom. The minimum absolute atomic E-state index is 0.296. The van der Waals surface area contributed by atoms with E-state index in [-0.39, 0.29) is 0 Å². The molecule has 0 bridgehead atoms. The van der Waals surface area contributed by atoms with Crippen LogP contribution in [-0.2, 0) is 11.8 Å². The molecule has 0 aliphatic carbocycles. The van der Waals surface area contributed by atoms with Crippen molar-refractivity contribution in [2.75, 3.05) is 24.7 Å². The molecule has 2 aromatic rings. The minimum atomic E-state index is 0.296. The predicted molar refractivity (Wildman–Crippen MR) is 83.8 cm³/mol. The first-order chi connectivity index (χ1) is 10.1. The molecule has 0 aromatic carbocycles. The Morgan fingerprint density at radius 2 is 2.19 bits per heavy atom. The van der Waals surface area contributed by atoms with E-state index < -0.39 is 0 Å². The number of hydrogen-bond donors (Lipinski definition) is 0.